The smallest absolute Gasteiger partial charge is 0.122 e. The van der Waals surface area contributed by atoms with Crippen LogP contribution in [0.1, 0.15) is 63.8 Å². The topological polar surface area (TPSA) is 18.5 Å². The maximum absolute atomic E-state index is 5.72. The van der Waals surface area contributed by atoms with Gasteiger partial charge in [-0.05, 0) is 98.2 Å². The molecule has 0 bridgehead atoms. The van der Waals surface area contributed by atoms with E-state index < -0.39 is 0 Å². The Kier molecular flexibility index (Phi) is 5.90. The van der Waals surface area contributed by atoms with E-state index in [2.05, 4.69) is 102 Å². The summed E-state index contributed by atoms with van der Waals surface area (Å²) in [5.74, 6) is 1.90. The van der Waals surface area contributed by atoms with E-state index >= 15 is 0 Å². The van der Waals surface area contributed by atoms with Crippen LogP contribution in [0, 0.1) is 0 Å². The fraction of sp³-hybridized carbons (Fsp3) is 0.353. The SMILES string of the molecule is COc1ccc(-c2cc3c4c(ccc(-c5ccc(OC)c(C(C)(C)C)c5)c4c2)CC3)cc1C(C)(C)C. The number of hydrogen-bond donors (Lipinski definition) is 0. The van der Waals surface area contributed by atoms with Gasteiger partial charge < -0.3 is 9.47 Å². The molecule has 0 amide bonds. The summed E-state index contributed by atoms with van der Waals surface area (Å²) in [6.07, 6.45) is 2.21. The minimum absolute atomic E-state index is 0.000228. The van der Waals surface area contributed by atoms with Gasteiger partial charge in [0, 0.05) is 11.1 Å². The van der Waals surface area contributed by atoms with Crippen LogP contribution in [-0.2, 0) is 23.7 Å². The number of aryl methyl sites for hydroxylation is 2. The van der Waals surface area contributed by atoms with Gasteiger partial charge in [0.25, 0.3) is 0 Å². The van der Waals surface area contributed by atoms with Crippen molar-refractivity contribution < 1.29 is 9.47 Å². The van der Waals surface area contributed by atoms with Crippen LogP contribution in [-0.4, -0.2) is 14.2 Å². The van der Waals surface area contributed by atoms with Crippen LogP contribution in [0.3, 0.4) is 0 Å². The van der Waals surface area contributed by atoms with Gasteiger partial charge in [0.1, 0.15) is 11.5 Å². The van der Waals surface area contributed by atoms with Crippen molar-refractivity contribution in [3.05, 3.63) is 82.9 Å². The average molecular weight is 479 g/mol. The van der Waals surface area contributed by atoms with Gasteiger partial charge in [0.05, 0.1) is 14.2 Å². The van der Waals surface area contributed by atoms with E-state index in [9.17, 15) is 0 Å². The van der Waals surface area contributed by atoms with Crippen LogP contribution in [0.2, 0.25) is 0 Å². The average Bonchev–Trinajstić information content (AvgIpc) is 3.26. The van der Waals surface area contributed by atoms with Crippen molar-refractivity contribution in [2.24, 2.45) is 0 Å². The van der Waals surface area contributed by atoms with Crippen molar-refractivity contribution in [2.75, 3.05) is 14.2 Å². The van der Waals surface area contributed by atoms with Crippen molar-refractivity contribution >= 4 is 10.8 Å². The molecule has 0 saturated heterocycles. The molecule has 0 aliphatic heterocycles. The molecule has 0 unspecified atom stereocenters. The van der Waals surface area contributed by atoms with Gasteiger partial charge in [-0.2, -0.15) is 0 Å². The Labute approximate surface area is 216 Å². The Morgan fingerprint density at radius 2 is 1.11 bits per heavy atom. The fourth-order valence-electron chi connectivity index (χ4n) is 5.68. The number of methoxy groups -OCH3 is 2. The molecule has 36 heavy (non-hydrogen) atoms. The van der Waals surface area contributed by atoms with Gasteiger partial charge in [-0.1, -0.05) is 71.9 Å². The summed E-state index contributed by atoms with van der Waals surface area (Å²) in [5, 5.41) is 2.78. The summed E-state index contributed by atoms with van der Waals surface area (Å²) in [6, 6.07) is 22.8. The largest absolute Gasteiger partial charge is 0.496 e. The summed E-state index contributed by atoms with van der Waals surface area (Å²) in [4.78, 5) is 0. The molecule has 0 spiro atoms. The van der Waals surface area contributed by atoms with Gasteiger partial charge in [0.15, 0.2) is 0 Å². The van der Waals surface area contributed by atoms with E-state index in [1.807, 2.05) is 0 Å². The van der Waals surface area contributed by atoms with Crippen LogP contribution in [0.15, 0.2) is 60.7 Å². The third kappa shape index (κ3) is 4.17. The van der Waals surface area contributed by atoms with Gasteiger partial charge in [0.2, 0.25) is 0 Å². The van der Waals surface area contributed by atoms with E-state index in [1.165, 1.54) is 55.3 Å². The molecule has 4 aromatic carbocycles. The van der Waals surface area contributed by atoms with Gasteiger partial charge in [-0.25, -0.2) is 0 Å². The highest BCUT2D eigenvalue weighted by atomic mass is 16.5. The van der Waals surface area contributed by atoms with Crippen LogP contribution in [0.25, 0.3) is 33.0 Å². The second-order valence-corrected chi connectivity index (χ2v) is 12.2. The summed E-state index contributed by atoms with van der Waals surface area (Å²) >= 11 is 0. The van der Waals surface area contributed by atoms with E-state index in [0.717, 1.165) is 24.3 Å². The molecule has 0 radical (unpaired) electrons. The van der Waals surface area contributed by atoms with Gasteiger partial charge in [-0.3, -0.25) is 0 Å². The molecule has 2 heteroatoms. The normalized spacial score (nSPS) is 13.3. The molecule has 0 saturated carbocycles. The molecule has 5 rings (SSSR count). The molecule has 1 aliphatic rings. The van der Waals surface area contributed by atoms with Crippen LogP contribution >= 0.6 is 0 Å². The zero-order chi connectivity index (χ0) is 25.8. The third-order valence-corrected chi connectivity index (χ3v) is 7.61. The number of hydrogen-bond acceptors (Lipinski definition) is 2. The lowest BCUT2D eigenvalue weighted by Gasteiger charge is -2.24. The van der Waals surface area contributed by atoms with Crippen LogP contribution in [0.5, 0.6) is 11.5 Å². The monoisotopic (exact) mass is 478 g/mol. The lowest BCUT2D eigenvalue weighted by molar-refractivity contribution is 0.397. The van der Waals surface area contributed by atoms with E-state index in [-0.39, 0.29) is 10.8 Å². The summed E-state index contributed by atoms with van der Waals surface area (Å²) < 4.78 is 11.4. The molecule has 186 valence electrons. The molecular weight excluding hydrogens is 440 g/mol. The maximum atomic E-state index is 5.72. The Morgan fingerprint density at radius 1 is 0.556 bits per heavy atom. The standard InChI is InChI=1S/C34H38O2/c1-33(2,3)28-19-22(12-15-30(28)35-7)25-17-24-10-9-21-11-14-26(27(18-25)32(21)24)23-13-16-31(36-8)29(20-23)34(4,5)6/h11-20H,9-10H2,1-8H3. The Hall–Kier alpha value is -3.26. The molecule has 0 heterocycles. The van der Waals surface area contributed by atoms with Crippen LogP contribution in [0.4, 0.5) is 0 Å². The maximum Gasteiger partial charge on any atom is 0.122 e. The molecule has 0 fully saturated rings. The van der Waals surface area contributed by atoms with Crippen molar-refractivity contribution in [2.45, 2.75) is 65.2 Å². The number of rotatable bonds is 4. The number of benzene rings is 4. The van der Waals surface area contributed by atoms with E-state index in [4.69, 9.17) is 9.47 Å². The first-order valence-corrected chi connectivity index (χ1v) is 13.0. The Balaban J connectivity index is 1.74. The van der Waals surface area contributed by atoms with Crippen molar-refractivity contribution in [1.29, 1.82) is 0 Å². The van der Waals surface area contributed by atoms with Gasteiger partial charge in [-0.15, -0.1) is 0 Å². The molecule has 0 atom stereocenters. The summed E-state index contributed by atoms with van der Waals surface area (Å²) in [7, 11) is 3.52. The first kappa shape index (κ1) is 24.4. The van der Waals surface area contributed by atoms with Gasteiger partial charge >= 0.3 is 0 Å². The molecule has 0 N–H and O–H groups in total. The molecule has 4 aromatic rings. The van der Waals surface area contributed by atoms with E-state index in [1.54, 1.807) is 14.2 Å². The molecule has 2 nitrogen and oxygen atoms in total. The summed E-state index contributed by atoms with van der Waals surface area (Å²) in [6.45, 7) is 13.5. The molecule has 0 aromatic heterocycles. The highest BCUT2D eigenvalue weighted by Crippen LogP contribution is 2.43. The fourth-order valence-corrected chi connectivity index (χ4v) is 5.68. The molecule has 1 aliphatic carbocycles. The van der Waals surface area contributed by atoms with Crippen LogP contribution < -0.4 is 9.47 Å². The Bertz CT molecular complexity index is 1460. The Morgan fingerprint density at radius 3 is 1.69 bits per heavy atom. The predicted molar refractivity (Wildman–Crippen MR) is 153 cm³/mol. The highest BCUT2D eigenvalue weighted by Gasteiger charge is 2.24. The molecular formula is C34H38O2. The minimum Gasteiger partial charge on any atom is -0.496 e. The van der Waals surface area contributed by atoms with Crippen molar-refractivity contribution in [1.82, 2.24) is 0 Å². The second kappa shape index (κ2) is 8.69. The predicted octanol–water partition coefficient (Wildman–Crippen LogP) is 8.88. The quantitative estimate of drug-likeness (QED) is 0.291. The lowest BCUT2D eigenvalue weighted by atomic mass is 9.83. The lowest BCUT2D eigenvalue weighted by Crippen LogP contribution is -2.13. The first-order valence-electron chi connectivity index (χ1n) is 13.0. The first-order chi connectivity index (χ1) is 17.0. The summed E-state index contributed by atoms with van der Waals surface area (Å²) in [5.41, 5.74) is 10.4. The third-order valence-electron chi connectivity index (χ3n) is 7.61. The zero-order valence-electron chi connectivity index (χ0n) is 23.0. The zero-order valence-corrected chi connectivity index (χ0v) is 23.0. The second-order valence-electron chi connectivity index (χ2n) is 12.2. The highest BCUT2D eigenvalue weighted by molar-refractivity contribution is 6.03. The minimum atomic E-state index is -0.00612. The number of ether oxygens (including phenoxy) is 2. The van der Waals surface area contributed by atoms with E-state index in [0.29, 0.717) is 0 Å². The van der Waals surface area contributed by atoms with Crippen molar-refractivity contribution in [3.63, 3.8) is 0 Å². The van der Waals surface area contributed by atoms with Crippen molar-refractivity contribution in [3.8, 4) is 33.8 Å².